The number of halogens is 7. The number of imidazole rings is 2. The van der Waals surface area contributed by atoms with Crippen molar-refractivity contribution < 1.29 is 45.3 Å². The molecule has 340 valence electrons. The van der Waals surface area contributed by atoms with Crippen molar-refractivity contribution >= 4 is 28.7 Å². The topological polar surface area (TPSA) is 142 Å². The number of ether oxygens (including phenoxy) is 4. The van der Waals surface area contributed by atoms with E-state index in [2.05, 4.69) is 58.9 Å². The molecule has 0 saturated carbocycles. The maximum atomic E-state index is 12.7. The predicted octanol–water partition coefficient (Wildman–Crippen LogP) is 8.30. The van der Waals surface area contributed by atoms with Crippen molar-refractivity contribution in [3.05, 3.63) is 78.2 Å². The van der Waals surface area contributed by atoms with Crippen molar-refractivity contribution in [1.29, 1.82) is 0 Å². The maximum Gasteiger partial charge on any atom is 0.573 e. The number of nitrogens with zero attached hydrogens (tertiary/aromatic N) is 8. The van der Waals surface area contributed by atoms with Crippen LogP contribution in [0.4, 0.5) is 32.2 Å². The first kappa shape index (κ1) is 46.9. The Hall–Kier alpha value is -5.57. The molecule has 2 aliphatic rings. The summed E-state index contributed by atoms with van der Waals surface area (Å²) in [5, 5.41) is 12.3. The molecule has 6 heterocycles. The lowest BCUT2D eigenvalue weighted by molar-refractivity contribution is -0.275. The molecule has 14 nitrogen and oxygen atoms in total. The Balaban J connectivity index is 0.000000180. The molecule has 2 fully saturated rings. The second kappa shape index (κ2) is 20.7. The summed E-state index contributed by atoms with van der Waals surface area (Å²) in [4.78, 5) is 13.2. The van der Waals surface area contributed by atoms with Crippen LogP contribution < -0.4 is 30.0 Å². The second-order valence-electron chi connectivity index (χ2n) is 15.1. The van der Waals surface area contributed by atoms with E-state index in [0.29, 0.717) is 57.0 Å². The molecule has 3 N–H and O–H groups in total. The summed E-state index contributed by atoms with van der Waals surface area (Å²) in [5.74, 6) is 2.09. The summed E-state index contributed by atoms with van der Waals surface area (Å²) in [6, 6.07) is 14.5. The van der Waals surface area contributed by atoms with E-state index >= 15 is 0 Å². The number of hydrogen-bond acceptors (Lipinski definition) is 12. The Morgan fingerprint density at radius 3 is 1.59 bits per heavy atom. The number of rotatable bonds is 10. The van der Waals surface area contributed by atoms with Gasteiger partial charge in [0.25, 0.3) is 0 Å². The van der Waals surface area contributed by atoms with E-state index in [1.165, 1.54) is 87.3 Å². The fraction of sp³-hybridized carbons (Fsp3) is 0.429. The van der Waals surface area contributed by atoms with Gasteiger partial charge in [-0.1, -0.05) is 11.6 Å². The molecule has 0 radical (unpaired) electrons. The van der Waals surface area contributed by atoms with Crippen molar-refractivity contribution in [1.82, 2.24) is 39.0 Å². The van der Waals surface area contributed by atoms with Crippen LogP contribution in [-0.4, -0.2) is 119 Å². The van der Waals surface area contributed by atoms with Crippen molar-refractivity contribution in [3.8, 4) is 45.5 Å². The second-order valence-corrected chi connectivity index (χ2v) is 15.5. The number of nitrogens with two attached hydrogens (primary N) is 1. The van der Waals surface area contributed by atoms with E-state index < -0.39 is 12.7 Å². The molecular formula is C42H49ClF6N10O4. The number of hydrogen-bond donors (Lipinski definition) is 2. The van der Waals surface area contributed by atoms with Gasteiger partial charge in [-0.2, -0.15) is 5.10 Å². The van der Waals surface area contributed by atoms with E-state index in [1.807, 2.05) is 12.1 Å². The Morgan fingerprint density at radius 2 is 1.13 bits per heavy atom. The number of fused-ring (bicyclic) bond motifs is 2. The minimum Gasteiger partial charge on any atom is -0.496 e. The van der Waals surface area contributed by atoms with Crippen molar-refractivity contribution in [3.63, 3.8) is 0 Å². The first-order valence-corrected chi connectivity index (χ1v) is 20.4. The molecule has 2 saturated heterocycles. The average Bonchev–Trinajstić information content (AvgIpc) is 3.87. The monoisotopic (exact) mass is 906 g/mol. The quantitative estimate of drug-likeness (QED) is 0.128. The van der Waals surface area contributed by atoms with E-state index in [4.69, 9.17) is 26.8 Å². The molecule has 2 aromatic carbocycles. The first-order valence-electron chi connectivity index (χ1n) is 20.1. The molecule has 2 aliphatic heterocycles. The van der Waals surface area contributed by atoms with Crippen LogP contribution in [0.3, 0.4) is 0 Å². The highest BCUT2D eigenvalue weighted by Crippen LogP contribution is 2.37. The van der Waals surface area contributed by atoms with Gasteiger partial charge in [0.1, 0.15) is 34.0 Å². The van der Waals surface area contributed by atoms with Gasteiger partial charge in [0, 0.05) is 17.7 Å². The molecule has 63 heavy (non-hydrogen) atoms. The highest BCUT2D eigenvalue weighted by molar-refractivity contribution is 6.29. The summed E-state index contributed by atoms with van der Waals surface area (Å²) in [6.45, 7) is 6.34. The molecular weight excluding hydrogens is 858 g/mol. The van der Waals surface area contributed by atoms with Crippen LogP contribution >= 0.6 is 11.6 Å². The third kappa shape index (κ3) is 13.0. The number of aromatic nitrogens is 6. The van der Waals surface area contributed by atoms with E-state index in [9.17, 15) is 26.3 Å². The number of likely N-dealkylation sites (tertiary alicyclic amines) is 2. The third-order valence-electron chi connectivity index (χ3n) is 10.6. The molecule has 21 heteroatoms. The fourth-order valence-electron chi connectivity index (χ4n) is 7.17. The van der Waals surface area contributed by atoms with Crippen LogP contribution in [0, 0.1) is 11.8 Å². The van der Waals surface area contributed by atoms with Crippen molar-refractivity contribution in [2.75, 3.05) is 72.9 Å². The number of benzene rings is 2. The molecule has 4 aromatic heterocycles. The van der Waals surface area contributed by atoms with E-state index in [0.717, 1.165) is 44.9 Å². The average molecular weight is 907 g/mol. The van der Waals surface area contributed by atoms with Crippen LogP contribution in [0.2, 0.25) is 5.15 Å². The number of alkyl halides is 6. The van der Waals surface area contributed by atoms with Crippen molar-refractivity contribution in [2.24, 2.45) is 17.6 Å². The van der Waals surface area contributed by atoms with Gasteiger partial charge in [-0.05, 0) is 145 Å². The van der Waals surface area contributed by atoms with Crippen LogP contribution in [0.5, 0.6) is 23.0 Å². The minimum absolute atomic E-state index is 0.221. The molecule has 0 unspecified atom stereocenters. The van der Waals surface area contributed by atoms with Crippen LogP contribution in [-0.2, 0) is 0 Å². The highest BCUT2D eigenvalue weighted by atomic mass is 35.5. The fourth-order valence-corrected chi connectivity index (χ4v) is 7.31. The molecule has 0 atom stereocenters. The van der Waals surface area contributed by atoms with Gasteiger partial charge >= 0.3 is 12.7 Å². The first-order chi connectivity index (χ1) is 30.0. The van der Waals surface area contributed by atoms with Gasteiger partial charge in [0.05, 0.1) is 38.0 Å². The molecule has 6 aromatic rings. The molecule has 0 aliphatic carbocycles. The van der Waals surface area contributed by atoms with E-state index in [-0.39, 0.29) is 16.7 Å². The number of piperidine rings is 2. The normalized spacial score (nSPS) is 15.6. The van der Waals surface area contributed by atoms with Gasteiger partial charge in [-0.25, -0.2) is 19.0 Å². The van der Waals surface area contributed by atoms with Crippen molar-refractivity contribution in [2.45, 2.75) is 38.4 Å². The zero-order valence-corrected chi connectivity index (χ0v) is 35.8. The number of methoxy groups -OCH3 is 2. The SMILES string of the molecule is CN1CCC(CN)CC1.COc1ccc(OC(F)(F)F)cc1-c1cnc2ccc(Cl)nn12.COc1ccc(OC(F)(F)F)cc1-c1cnc2ccc(NCC3CCN(C)CC3)nn12. The van der Waals surface area contributed by atoms with Gasteiger partial charge in [-0.3, -0.25) is 0 Å². The minimum atomic E-state index is -4.78. The lowest BCUT2D eigenvalue weighted by Gasteiger charge is -2.29. The predicted molar refractivity (Wildman–Crippen MR) is 226 cm³/mol. The lowest BCUT2D eigenvalue weighted by atomic mass is 9.97. The van der Waals surface area contributed by atoms with Gasteiger partial charge in [-0.15, -0.1) is 31.4 Å². The zero-order chi connectivity index (χ0) is 45.3. The number of nitrogens with one attached hydrogen (secondary N) is 1. The molecule has 8 rings (SSSR count). The maximum absolute atomic E-state index is 12.7. The summed E-state index contributed by atoms with van der Waals surface area (Å²) < 4.78 is 96.8. The smallest absolute Gasteiger partial charge is 0.496 e. The van der Waals surface area contributed by atoms with Gasteiger partial charge in [0.2, 0.25) is 0 Å². The van der Waals surface area contributed by atoms with E-state index in [1.54, 1.807) is 22.8 Å². The zero-order valence-electron chi connectivity index (χ0n) is 35.1. The van der Waals surface area contributed by atoms with Crippen LogP contribution in [0.1, 0.15) is 25.7 Å². The summed E-state index contributed by atoms with van der Waals surface area (Å²) >= 11 is 5.86. The Kier molecular flexibility index (Phi) is 15.4. The highest BCUT2D eigenvalue weighted by Gasteiger charge is 2.32. The molecule has 0 amide bonds. The Labute approximate surface area is 364 Å². The van der Waals surface area contributed by atoms with Gasteiger partial charge in [0.15, 0.2) is 11.3 Å². The summed E-state index contributed by atoms with van der Waals surface area (Å²) in [6.07, 6.45) is -1.69. The lowest BCUT2D eigenvalue weighted by Crippen LogP contribution is -2.33. The van der Waals surface area contributed by atoms with Gasteiger partial charge < -0.3 is 39.8 Å². The Morgan fingerprint density at radius 1 is 0.667 bits per heavy atom. The standard InChI is InChI=1S/C21H24F3N5O2.C14H9ClF3N3O2.C7H16N2/c1-28-9-7-14(8-10-28)12-25-19-5-6-20-26-13-17(29(20)27-19)16-11-15(31-21(22,23)24)3-4-18(16)30-2;1-22-11-3-2-8(23-14(16,17)18)6-9(11)10-7-19-13-5-4-12(15)20-21(10)13;1-9-4-2-7(6-8)3-5-9/h3-6,11,13-14H,7-10,12H2,1-2H3,(H,25,27);2-7H,1H3;7H,2-6,8H2,1H3. The number of anilines is 1. The molecule has 0 bridgehead atoms. The summed E-state index contributed by atoms with van der Waals surface area (Å²) in [7, 11) is 7.16. The van der Waals surface area contributed by atoms with Crippen LogP contribution in [0.25, 0.3) is 33.8 Å². The summed E-state index contributed by atoms with van der Waals surface area (Å²) in [5.41, 5.74) is 8.27. The van der Waals surface area contributed by atoms with Crippen LogP contribution in [0.15, 0.2) is 73.1 Å². The largest absolute Gasteiger partial charge is 0.573 e. The molecule has 0 spiro atoms. The Bertz CT molecular complexity index is 2420. The third-order valence-corrected chi connectivity index (χ3v) is 10.8.